The molecule has 0 radical (unpaired) electrons. The van der Waals surface area contributed by atoms with E-state index >= 15 is 0 Å². The van der Waals surface area contributed by atoms with Crippen molar-refractivity contribution >= 4 is 5.91 Å². The quantitative estimate of drug-likeness (QED) is 0.715. The van der Waals surface area contributed by atoms with Crippen LogP contribution in [-0.2, 0) is 11.2 Å². The molecule has 0 atom stereocenters. The number of benzene rings is 2. The van der Waals surface area contributed by atoms with Gasteiger partial charge in [-0.2, -0.15) is 0 Å². The largest absolute Gasteiger partial charge is 0.508 e. The van der Waals surface area contributed by atoms with Crippen LogP contribution in [0.4, 0.5) is 0 Å². The molecule has 0 heterocycles. The van der Waals surface area contributed by atoms with Gasteiger partial charge in [-0.1, -0.05) is 38.1 Å². The van der Waals surface area contributed by atoms with Crippen molar-refractivity contribution in [1.82, 2.24) is 5.32 Å². The number of amides is 1. The summed E-state index contributed by atoms with van der Waals surface area (Å²) in [5.74, 6) is 1.30. The molecule has 2 aromatic rings. The number of rotatable bonds is 8. The molecule has 25 heavy (non-hydrogen) atoms. The Morgan fingerprint density at radius 2 is 1.88 bits per heavy atom. The minimum absolute atomic E-state index is 0.0301. The van der Waals surface area contributed by atoms with E-state index in [9.17, 15) is 9.90 Å². The number of phenols is 1. The van der Waals surface area contributed by atoms with Crippen LogP contribution in [-0.4, -0.2) is 24.2 Å². The van der Waals surface area contributed by atoms with Crippen molar-refractivity contribution in [2.24, 2.45) is 0 Å². The third-order valence-corrected chi connectivity index (χ3v) is 4.05. The van der Waals surface area contributed by atoms with Gasteiger partial charge in [0.15, 0.2) is 6.61 Å². The Bertz CT molecular complexity index is 693. The van der Waals surface area contributed by atoms with Gasteiger partial charge in [0.2, 0.25) is 0 Å². The van der Waals surface area contributed by atoms with Gasteiger partial charge in [-0.3, -0.25) is 4.79 Å². The second-order valence-electron chi connectivity index (χ2n) is 6.60. The number of carbonyl (C=O) groups excluding carboxylic acids is 1. The van der Waals surface area contributed by atoms with Crippen LogP contribution in [0.3, 0.4) is 0 Å². The van der Waals surface area contributed by atoms with Crippen LogP contribution in [0.1, 0.15) is 42.9 Å². The van der Waals surface area contributed by atoms with E-state index in [1.54, 1.807) is 12.1 Å². The number of aryl methyl sites for hydroxylation is 2. The van der Waals surface area contributed by atoms with Gasteiger partial charge in [0.25, 0.3) is 5.91 Å². The standard InChI is InChI=1S/C21H27NO3/c1-15(2)19-11-6-16(3)13-20(19)25-14-21(24)22-12-4-5-17-7-9-18(23)10-8-17/h6-11,13,15,23H,4-5,12,14H2,1-3H3,(H,22,24). The molecule has 134 valence electrons. The Kier molecular flexibility index (Phi) is 6.87. The first-order valence-electron chi connectivity index (χ1n) is 8.73. The highest BCUT2D eigenvalue weighted by Gasteiger charge is 2.10. The molecule has 0 aliphatic rings. The number of hydrogen-bond donors (Lipinski definition) is 2. The SMILES string of the molecule is Cc1ccc(C(C)C)c(OCC(=O)NCCCc2ccc(O)cc2)c1. The van der Waals surface area contributed by atoms with Crippen LogP contribution >= 0.6 is 0 Å². The van der Waals surface area contributed by atoms with Crippen molar-refractivity contribution in [2.45, 2.75) is 39.5 Å². The molecule has 4 nitrogen and oxygen atoms in total. The zero-order chi connectivity index (χ0) is 18.2. The molecule has 0 saturated heterocycles. The van der Waals surface area contributed by atoms with Crippen molar-refractivity contribution in [3.63, 3.8) is 0 Å². The first-order valence-corrected chi connectivity index (χ1v) is 8.73. The van der Waals surface area contributed by atoms with Gasteiger partial charge in [-0.15, -0.1) is 0 Å². The molecular weight excluding hydrogens is 314 g/mol. The number of aromatic hydroxyl groups is 1. The lowest BCUT2D eigenvalue weighted by Gasteiger charge is -2.14. The molecule has 0 aliphatic heterocycles. The van der Waals surface area contributed by atoms with Crippen LogP contribution in [0.15, 0.2) is 42.5 Å². The summed E-state index contributed by atoms with van der Waals surface area (Å²) in [5, 5.41) is 12.1. The maximum atomic E-state index is 12.0. The summed E-state index contributed by atoms with van der Waals surface area (Å²) in [4.78, 5) is 12.0. The summed E-state index contributed by atoms with van der Waals surface area (Å²) >= 11 is 0. The van der Waals surface area contributed by atoms with E-state index in [-0.39, 0.29) is 18.3 Å². The fourth-order valence-electron chi connectivity index (χ4n) is 2.62. The number of carbonyl (C=O) groups is 1. The van der Waals surface area contributed by atoms with E-state index in [1.807, 2.05) is 25.1 Å². The minimum Gasteiger partial charge on any atom is -0.508 e. The predicted molar refractivity (Wildman–Crippen MR) is 100 cm³/mol. The third-order valence-electron chi connectivity index (χ3n) is 4.05. The average Bonchev–Trinajstić information content (AvgIpc) is 2.58. The Morgan fingerprint density at radius 3 is 2.56 bits per heavy atom. The van der Waals surface area contributed by atoms with Crippen molar-refractivity contribution in [3.05, 3.63) is 59.2 Å². The first-order chi connectivity index (χ1) is 12.0. The van der Waals surface area contributed by atoms with Crippen LogP contribution in [0, 0.1) is 6.92 Å². The monoisotopic (exact) mass is 341 g/mol. The number of hydrogen-bond acceptors (Lipinski definition) is 3. The van der Waals surface area contributed by atoms with Gasteiger partial charge in [-0.25, -0.2) is 0 Å². The maximum absolute atomic E-state index is 12.0. The van der Waals surface area contributed by atoms with Gasteiger partial charge < -0.3 is 15.2 Å². The zero-order valence-electron chi connectivity index (χ0n) is 15.2. The Hall–Kier alpha value is -2.49. The minimum atomic E-state index is -0.109. The molecule has 0 unspecified atom stereocenters. The molecule has 0 aromatic heterocycles. The Balaban J connectivity index is 1.74. The van der Waals surface area contributed by atoms with Gasteiger partial charge in [-0.05, 0) is 60.6 Å². The average molecular weight is 341 g/mol. The number of ether oxygens (including phenoxy) is 1. The summed E-state index contributed by atoms with van der Waals surface area (Å²) < 4.78 is 5.73. The lowest BCUT2D eigenvalue weighted by molar-refractivity contribution is -0.123. The zero-order valence-corrected chi connectivity index (χ0v) is 15.2. The normalized spacial score (nSPS) is 10.7. The summed E-state index contributed by atoms with van der Waals surface area (Å²) in [5.41, 5.74) is 3.38. The van der Waals surface area contributed by atoms with Crippen LogP contribution in [0.2, 0.25) is 0 Å². The van der Waals surface area contributed by atoms with Gasteiger partial charge >= 0.3 is 0 Å². The molecule has 0 bridgehead atoms. The molecule has 0 fully saturated rings. The van der Waals surface area contributed by atoms with Crippen LogP contribution in [0.25, 0.3) is 0 Å². The third kappa shape index (κ3) is 6.14. The fourth-order valence-corrected chi connectivity index (χ4v) is 2.62. The molecule has 2 rings (SSSR count). The van der Waals surface area contributed by atoms with E-state index in [0.29, 0.717) is 12.5 Å². The molecule has 2 N–H and O–H groups in total. The topological polar surface area (TPSA) is 58.6 Å². The first kappa shape index (κ1) is 18.8. The van der Waals surface area contributed by atoms with Crippen molar-refractivity contribution < 1.29 is 14.6 Å². The van der Waals surface area contributed by atoms with E-state index in [2.05, 4.69) is 31.3 Å². The number of nitrogens with one attached hydrogen (secondary N) is 1. The highest BCUT2D eigenvalue weighted by molar-refractivity contribution is 5.77. The second-order valence-corrected chi connectivity index (χ2v) is 6.60. The molecule has 0 saturated carbocycles. The van der Waals surface area contributed by atoms with E-state index < -0.39 is 0 Å². The summed E-state index contributed by atoms with van der Waals surface area (Å²) in [7, 11) is 0. The predicted octanol–water partition coefficient (Wildman–Crippen LogP) is 3.95. The lowest BCUT2D eigenvalue weighted by Crippen LogP contribution is -2.30. The van der Waals surface area contributed by atoms with Crippen molar-refractivity contribution in [3.8, 4) is 11.5 Å². The van der Waals surface area contributed by atoms with Gasteiger partial charge in [0, 0.05) is 6.54 Å². The fraction of sp³-hybridized carbons (Fsp3) is 0.381. The molecule has 0 aliphatic carbocycles. The Morgan fingerprint density at radius 1 is 1.16 bits per heavy atom. The highest BCUT2D eigenvalue weighted by Crippen LogP contribution is 2.27. The summed E-state index contributed by atoms with van der Waals surface area (Å²) in [6, 6.07) is 13.2. The van der Waals surface area contributed by atoms with E-state index in [4.69, 9.17) is 4.74 Å². The number of phenolic OH excluding ortho intramolecular Hbond substituents is 1. The lowest BCUT2D eigenvalue weighted by atomic mass is 10.0. The van der Waals surface area contributed by atoms with E-state index in [0.717, 1.165) is 35.3 Å². The van der Waals surface area contributed by atoms with Gasteiger partial charge in [0.1, 0.15) is 11.5 Å². The molecule has 1 amide bonds. The second kappa shape index (κ2) is 9.11. The van der Waals surface area contributed by atoms with Crippen molar-refractivity contribution in [2.75, 3.05) is 13.2 Å². The summed E-state index contributed by atoms with van der Waals surface area (Å²) in [6.07, 6.45) is 1.70. The van der Waals surface area contributed by atoms with Crippen LogP contribution < -0.4 is 10.1 Å². The van der Waals surface area contributed by atoms with Gasteiger partial charge in [0.05, 0.1) is 0 Å². The molecule has 0 spiro atoms. The van der Waals surface area contributed by atoms with Crippen molar-refractivity contribution in [1.29, 1.82) is 0 Å². The Labute approximate surface area is 149 Å². The maximum Gasteiger partial charge on any atom is 0.257 e. The van der Waals surface area contributed by atoms with E-state index in [1.165, 1.54) is 0 Å². The smallest absolute Gasteiger partial charge is 0.257 e. The highest BCUT2D eigenvalue weighted by atomic mass is 16.5. The van der Waals surface area contributed by atoms with Crippen LogP contribution in [0.5, 0.6) is 11.5 Å². The molecular formula is C21H27NO3. The molecule has 2 aromatic carbocycles. The summed E-state index contributed by atoms with van der Waals surface area (Å²) in [6.45, 7) is 6.87. The molecule has 4 heteroatoms.